The summed E-state index contributed by atoms with van der Waals surface area (Å²) in [6, 6.07) is 10.7. The predicted molar refractivity (Wildman–Crippen MR) is 89.2 cm³/mol. The fraction of sp³-hybridized carbons (Fsp3) is 0.118. The molecule has 24 heavy (non-hydrogen) atoms. The summed E-state index contributed by atoms with van der Waals surface area (Å²) in [5.74, 6) is 0.0110. The molecule has 2 N–H and O–H groups in total. The van der Waals surface area contributed by atoms with Crippen LogP contribution in [-0.2, 0) is 6.54 Å². The lowest BCUT2D eigenvalue weighted by molar-refractivity contribution is 0.392. The lowest BCUT2D eigenvalue weighted by atomic mass is 10.2. The van der Waals surface area contributed by atoms with Gasteiger partial charge in [0.15, 0.2) is 0 Å². The van der Waals surface area contributed by atoms with Gasteiger partial charge in [-0.1, -0.05) is 17.7 Å². The maximum Gasteiger partial charge on any atom is 0.331 e. The zero-order valence-corrected chi connectivity index (χ0v) is 12.9. The zero-order chi connectivity index (χ0) is 17.1. The van der Waals surface area contributed by atoms with E-state index in [-0.39, 0.29) is 12.1 Å². The third-order valence-corrected chi connectivity index (χ3v) is 3.48. The fourth-order valence-electron chi connectivity index (χ4n) is 2.17. The molecule has 1 aromatic carbocycles. The Balaban J connectivity index is 2.00. The molecular formula is C17H15N3O4. The van der Waals surface area contributed by atoms with Crippen LogP contribution in [-0.4, -0.2) is 20.9 Å². The van der Waals surface area contributed by atoms with Crippen molar-refractivity contribution < 1.29 is 9.52 Å². The second-order valence-electron chi connectivity index (χ2n) is 5.26. The summed E-state index contributed by atoms with van der Waals surface area (Å²) in [5, 5.41) is 10.3. The van der Waals surface area contributed by atoms with Crippen molar-refractivity contribution in [2.75, 3.05) is 0 Å². The highest BCUT2D eigenvalue weighted by Crippen LogP contribution is 2.15. The summed E-state index contributed by atoms with van der Waals surface area (Å²) >= 11 is 0. The largest absolute Gasteiger partial charge is 0.494 e. The van der Waals surface area contributed by atoms with Crippen LogP contribution in [0.2, 0.25) is 0 Å². The third kappa shape index (κ3) is 3.19. The fourth-order valence-corrected chi connectivity index (χ4v) is 2.17. The van der Waals surface area contributed by atoms with E-state index in [1.54, 1.807) is 24.3 Å². The summed E-state index contributed by atoms with van der Waals surface area (Å²) in [5.41, 5.74) is 0.192. The first-order chi connectivity index (χ1) is 11.5. The maximum absolute atomic E-state index is 11.9. The quantitative estimate of drug-likeness (QED) is 0.716. The van der Waals surface area contributed by atoms with Gasteiger partial charge < -0.3 is 9.52 Å². The third-order valence-electron chi connectivity index (χ3n) is 3.48. The molecule has 0 unspecified atom stereocenters. The predicted octanol–water partition coefficient (Wildman–Crippen LogP) is 1.94. The number of aromatic hydroxyl groups is 1. The van der Waals surface area contributed by atoms with Crippen LogP contribution in [0.3, 0.4) is 0 Å². The first kappa shape index (κ1) is 15.5. The Labute approximate surface area is 136 Å². The number of nitrogens with one attached hydrogen (secondary N) is 1. The lowest BCUT2D eigenvalue weighted by Crippen LogP contribution is -2.32. The highest BCUT2D eigenvalue weighted by molar-refractivity contribution is 5.84. The van der Waals surface area contributed by atoms with Gasteiger partial charge in [-0.25, -0.2) is 4.79 Å². The van der Waals surface area contributed by atoms with Gasteiger partial charge in [-0.15, -0.1) is 0 Å². The van der Waals surface area contributed by atoms with E-state index in [2.05, 4.69) is 9.98 Å². The molecule has 122 valence electrons. The molecule has 0 bridgehead atoms. The molecule has 0 aliphatic carbocycles. The average Bonchev–Trinajstić information content (AvgIpc) is 3.06. The second-order valence-corrected chi connectivity index (χ2v) is 5.26. The number of aryl methyl sites for hydroxylation is 1. The monoisotopic (exact) mass is 325 g/mol. The van der Waals surface area contributed by atoms with Crippen molar-refractivity contribution in [1.82, 2.24) is 9.55 Å². The Hall–Kier alpha value is -3.35. The molecule has 0 aliphatic rings. The second kappa shape index (κ2) is 6.41. The van der Waals surface area contributed by atoms with Crippen molar-refractivity contribution in [1.29, 1.82) is 0 Å². The number of aliphatic imine (C=N–C) groups is 1. The van der Waals surface area contributed by atoms with Gasteiger partial charge in [-0.05, 0) is 31.2 Å². The van der Waals surface area contributed by atoms with Crippen LogP contribution in [0.1, 0.15) is 16.9 Å². The van der Waals surface area contributed by atoms with Gasteiger partial charge in [-0.2, -0.15) is 0 Å². The first-order valence-electron chi connectivity index (χ1n) is 7.24. The maximum atomic E-state index is 11.9. The number of aromatic nitrogens is 2. The smallest absolute Gasteiger partial charge is 0.331 e. The van der Waals surface area contributed by atoms with E-state index >= 15 is 0 Å². The molecule has 3 aromatic rings. The van der Waals surface area contributed by atoms with Gasteiger partial charge in [0, 0.05) is 6.21 Å². The number of rotatable bonds is 4. The summed E-state index contributed by atoms with van der Waals surface area (Å²) in [4.78, 5) is 30.2. The van der Waals surface area contributed by atoms with Crippen molar-refractivity contribution in [3.05, 3.63) is 80.4 Å². The standard InChI is InChI=1S/C17H15N3O4/c1-11-4-6-12(7-5-11)18-9-14-15(21)19-17(23)20(16(14)22)10-13-3-2-8-24-13/h2-9,22H,10H2,1H3,(H,19,21,23). The van der Waals surface area contributed by atoms with Crippen LogP contribution in [0, 0.1) is 6.92 Å². The topological polar surface area (TPSA) is 101 Å². The number of nitrogens with zero attached hydrogens (tertiary/aromatic N) is 2. The van der Waals surface area contributed by atoms with Gasteiger partial charge in [0.05, 0.1) is 18.5 Å². The van der Waals surface area contributed by atoms with Crippen molar-refractivity contribution in [3.63, 3.8) is 0 Å². The van der Waals surface area contributed by atoms with E-state index in [0.717, 1.165) is 10.1 Å². The molecule has 0 saturated carbocycles. The molecule has 0 fully saturated rings. The molecule has 2 heterocycles. The molecule has 0 spiro atoms. The Morgan fingerprint density at radius 2 is 2.00 bits per heavy atom. The van der Waals surface area contributed by atoms with Crippen LogP contribution in [0.25, 0.3) is 0 Å². The number of aromatic amines is 1. The molecule has 7 heteroatoms. The summed E-state index contributed by atoms with van der Waals surface area (Å²) in [7, 11) is 0. The van der Waals surface area contributed by atoms with Crippen LogP contribution < -0.4 is 11.2 Å². The number of hydrogen-bond acceptors (Lipinski definition) is 5. The summed E-state index contributed by atoms with van der Waals surface area (Å²) < 4.78 is 6.17. The minimum atomic E-state index is -0.721. The van der Waals surface area contributed by atoms with Crippen molar-refractivity contribution in [2.24, 2.45) is 4.99 Å². The van der Waals surface area contributed by atoms with Crippen molar-refractivity contribution >= 4 is 11.9 Å². The molecular weight excluding hydrogens is 310 g/mol. The number of H-pyrrole nitrogens is 1. The first-order valence-corrected chi connectivity index (χ1v) is 7.24. The van der Waals surface area contributed by atoms with Gasteiger partial charge in [0.2, 0.25) is 5.88 Å². The molecule has 0 amide bonds. The zero-order valence-electron chi connectivity index (χ0n) is 12.9. The minimum Gasteiger partial charge on any atom is -0.494 e. The average molecular weight is 325 g/mol. The van der Waals surface area contributed by atoms with Crippen LogP contribution >= 0.6 is 0 Å². The van der Waals surface area contributed by atoms with E-state index in [1.807, 2.05) is 19.1 Å². The van der Waals surface area contributed by atoms with Gasteiger partial charge in [-0.3, -0.25) is 19.3 Å². The molecule has 0 atom stereocenters. The van der Waals surface area contributed by atoms with E-state index in [9.17, 15) is 14.7 Å². The highest BCUT2D eigenvalue weighted by Gasteiger charge is 2.13. The molecule has 3 rings (SSSR count). The Morgan fingerprint density at radius 3 is 2.67 bits per heavy atom. The van der Waals surface area contributed by atoms with E-state index < -0.39 is 17.1 Å². The van der Waals surface area contributed by atoms with Gasteiger partial charge >= 0.3 is 5.69 Å². The molecule has 0 aliphatic heterocycles. The van der Waals surface area contributed by atoms with E-state index in [1.165, 1.54) is 12.5 Å². The van der Waals surface area contributed by atoms with Crippen LogP contribution in [0.5, 0.6) is 5.88 Å². The van der Waals surface area contributed by atoms with E-state index in [4.69, 9.17) is 4.42 Å². The molecule has 2 aromatic heterocycles. The molecule has 0 saturated heterocycles. The van der Waals surface area contributed by atoms with Crippen LogP contribution in [0.15, 0.2) is 61.7 Å². The highest BCUT2D eigenvalue weighted by atomic mass is 16.3. The Morgan fingerprint density at radius 1 is 1.25 bits per heavy atom. The summed E-state index contributed by atoms with van der Waals surface area (Å²) in [6.07, 6.45) is 2.69. The van der Waals surface area contributed by atoms with Crippen LogP contribution in [0.4, 0.5) is 5.69 Å². The minimum absolute atomic E-state index is 0.000180. The number of furan rings is 1. The SMILES string of the molecule is Cc1ccc(N=Cc2c(O)n(Cc3ccco3)c(=O)[nH]c2=O)cc1. The number of benzene rings is 1. The Bertz CT molecular complexity index is 980. The normalized spacial score (nSPS) is 11.2. The molecule has 7 nitrogen and oxygen atoms in total. The molecule has 0 radical (unpaired) electrons. The van der Waals surface area contributed by atoms with E-state index in [0.29, 0.717) is 11.4 Å². The lowest BCUT2D eigenvalue weighted by Gasteiger charge is -2.07. The summed E-state index contributed by atoms with van der Waals surface area (Å²) in [6.45, 7) is 1.95. The van der Waals surface area contributed by atoms with Crippen molar-refractivity contribution in [3.8, 4) is 5.88 Å². The van der Waals surface area contributed by atoms with Gasteiger partial charge in [0.25, 0.3) is 5.56 Å². The Kier molecular flexibility index (Phi) is 4.15. The number of hydrogen-bond donors (Lipinski definition) is 2. The van der Waals surface area contributed by atoms with Crippen molar-refractivity contribution in [2.45, 2.75) is 13.5 Å². The van der Waals surface area contributed by atoms with Gasteiger partial charge in [0.1, 0.15) is 11.3 Å².